The van der Waals surface area contributed by atoms with Crippen molar-refractivity contribution >= 4 is 57.5 Å². The first kappa shape index (κ1) is 13.0. The minimum absolute atomic E-state index is 0. The van der Waals surface area contributed by atoms with Crippen LogP contribution in [0.15, 0.2) is 0 Å². The maximum atomic E-state index is 5.06. The average molecular weight is 423 g/mol. The SMILES string of the molecule is [Cl][Ir]([Cl])([Cl])([Cl])([Cl])[Cl].[NH4+]. The molecule has 0 aliphatic heterocycles. The van der Waals surface area contributed by atoms with Crippen LogP contribution >= 0.6 is 57.5 Å². The topological polar surface area (TPSA) is 36.5 Å². The van der Waals surface area contributed by atoms with E-state index in [1.54, 1.807) is 0 Å². The van der Waals surface area contributed by atoms with Crippen LogP contribution in [0, 0.1) is 0 Å². The molecule has 4 N–H and O–H groups in total. The maximum absolute atomic E-state index is 5.33. The summed E-state index contributed by atoms with van der Waals surface area (Å²) in [4.78, 5) is 0. The third-order valence-electron chi connectivity index (χ3n) is 0. The molecule has 0 fully saturated rings. The number of rotatable bonds is 0. The van der Waals surface area contributed by atoms with Crippen LogP contribution in [-0.2, 0) is 6.81 Å². The number of hydrogen-bond donors (Lipinski definition) is 1. The van der Waals surface area contributed by atoms with E-state index in [2.05, 4.69) is 0 Å². The van der Waals surface area contributed by atoms with E-state index in [-0.39, 0.29) is 6.15 Å². The minimum Gasteiger partial charge on any atom is -0.369 e. The number of halogens is 6. The van der Waals surface area contributed by atoms with Gasteiger partial charge in [-0.05, 0) is 0 Å². The van der Waals surface area contributed by atoms with Gasteiger partial charge in [-0.1, -0.05) is 0 Å². The van der Waals surface area contributed by atoms with Gasteiger partial charge in [0.2, 0.25) is 0 Å². The molecule has 0 aliphatic rings. The van der Waals surface area contributed by atoms with Crippen molar-refractivity contribution in [2.75, 3.05) is 0 Å². The molecule has 0 aromatic carbocycles. The van der Waals surface area contributed by atoms with Crippen LogP contribution in [0.25, 0.3) is 0 Å². The molecule has 8 heteroatoms. The molecule has 1 nitrogen and oxygen atoms in total. The van der Waals surface area contributed by atoms with Gasteiger partial charge in [0.05, 0.1) is 0 Å². The van der Waals surface area contributed by atoms with Crippen molar-refractivity contribution < 1.29 is 6.81 Å². The third kappa shape index (κ3) is 81.7. The first-order valence-corrected chi connectivity index (χ1v) is 18.6. The quantitative estimate of drug-likeness (QED) is 0.596. The number of hydrogen-bond acceptors (Lipinski definition) is 0. The molecule has 0 unspecified atom stereocenters. The zero-order valence-electron chi connectivity index (χ0n) is 3.60. The molecule has 0 saturated heterocycles. The summed E-state index contributed by atoms with van der Waals surface area (Å²) in [5.74, 6) is 0. The fourth-order valence-electron chi connectivity index (χ4n) is 0. The van der Waals surface area contributed by atoms with Crippen LogP contribution in [0.4, 0.5) is 0 Å². The van der Waals surface area contributed by atoms with E-state index < -0.39 is 6.81 Å². The van der Waals surface area contributed by atoms with Gasteiger partial charge in [-0.2, -0.15) is 0 Å². The Kier molecular flexibility index (Phi) is 3.51. The summed E-state index contributed by atoms with van der Waals surface area (Å²) in [6, 6.07) is 0. The van der Waals surface area contributed by atoms with Crippen molar-refractivity contribution in [2.45, 2.75) is 0 Å². The van der Waals surface area contributed by atoms with E-state index in [9.17, 15) is 0 Å². The molecule has 0 rings (SSSR count). The molecule has 0 amide bonds. The Morgan fingerprint density at radius 1 is 0.625 bits per heavy atom. The average Bonchev–Trinajstić information content (AvgIpc) is 0.592. The Balaban J connectivity index is 0. The van der Waals surface area contributed by atoms with Crippen molar-refractivity contribution in [3.8, 4) is 0 Å². The summed E-state index contributed by atoms with van der Waals surface area (Å²) in [7, 11) is 30.3. The van der Waals surface area contributed by atoms with Crippen molar-refractivity contribution in [1.29, 1.82) is 0 Å². The van der Waals surface area contributed by atoms with Crippen molar-refractivity contribution in [1.82, 2.24) is 6.15 Å². The predicted molar refractivity (Wildman–Crippen MR) is 41.1 cm³/mol. The maximum Gasteiger partial charge on any atom is -0.369 e. The zero-order valence-corrected chi connectivity index (χ0v) is 10.5. The van der Waals surface area contributed by atoms with Crippen LogP contribution in [0.1, 0.15) is 0 Å². The van der Waals surface area contributed by atoms with E-state index in [4.69, 9.17) is 57.5 Å². The fraction of sp³-hybridized carbons (Fsp3) is 0. The molecule has 0 saturated carbocycles. The second kappa shape index (κ2) is 2.17. The molecule has 59 valence electrons. The Bertz CT molecular complexity index is 67.1. The van der Waals surface area contributed by atoms with E-state index in [0.717, 1.165) is 0 Å². The molecule has 0 aliphatic carbocycles. The van der Waals surface area contributed by atoms with E-state index in [1.165, 1.54) is 0 Å². The zero-order chi connectivity index (χ0) is 6.41. The molecule has 0 radical (unpaired) electrons. The van der Waals surface area contributed by atoms with E-state index in [0.29, 0.717) is 0 Å². The van der Waals surface area contributed by atoms with Crippen LogP contribution in [0.3, 0.4) is 0 Å². The Morgan fingerprint density at radius 2 is 0.625 bits per heavy atom. The van der Waals surface area contributed by atoms with Crippen molar-refractivity contribution in [3.05, 3.63) is 0 Å². The van der Waals surface area contributed by atoms with Gasteiger partial charge in [0.25, 0.3) is 0 Å². The van der Waals surface area contributed by atoms with Gasteiger partial charge >= 0.3 is 64.3 Å². The van der Waals surface area contributed by atoms with E-state index >= 15 is 0 Å². The summed E-state index contributed by atoms with van der Waals surface area (Å²) in [5, 5.41) is 0. The van der Waals surface area contributed by atoms with Gasteiger partial charge in [-0.25, -0.2) is 0 Å². The molecule has 0 atom stereocenters. The van der Waals surface area contributed by atoms with Gasteiger partial charge in [-0.15, -0.1) is 0 Å². The summed E-state index contributed by atoms with van der Waals surface area (Å²) < 4.78 is 0. The summed E-state index contributed by atoms with van der Waals surface area (Å²) in [6.07, 6.45) is 0. The second-order valence-electron chi connectivity index (χ2n) is 0.714. The van der Waals surface area contributed by atoms with Gasteiger partial charge in [0.1, 0.15) is 0 Å². The van der Waals surface area contributed by atoms with Gasteiger partial charge in [0.15, 0.2) is 0 Å². The molecular weight excluding hydrogens is 419 g/mol. The molecule has 0 aromatic rings. The largest absolute Gasteiger partial charge is 0.369 e. The Morgan fingerprint density at radius 3 is 0.625 bits per heavy atom. The van der Waals surface area contributed by atoms with Gasteiger partial charge < -0.3 is 6.15 Å². The summed E-state index contributed by atoms with van der Waals surface area (Å²) >= 11 is 0. The van der Waals surface area contributed by atoms with Gasteiger partial charge in [0, 0.05) is 0 Å². The first-order valence-electron chi connectivity index (χ1n) is 0.756. The molecule has 0 heterocycles. The Labute approximate surface area is 69.7 Å². The van der Waals surface area contributed by atoms with Gasteiger partial charge in [-0.3, -0.25) is 0 Å². The van der Waals surface area contributed by atoms with Crippen molar-refractivity contribution in [3.63, 3.8) is 0 Å². The van der Waals surface area contributed by atoms with Crippen molar-refractivity contribution in [2.24, 2.45) is 0 Å². The monoisotopic (exact) mass is 421 g/mol. The van der Waals surface area contributed by atoms with E-state index in [1.807, 2.05) is 0 Å². The predicted octanol–water partition coefficient (Wildman–Crippen LogP) is 4.51. The summed E-state index contributed by atoms with van der Waals surface area (Å²) in [6.45, 7) is -5.33. The normalized spacial score (nSPS) is 20.2. The molecule has 8 heavy (non-hydrogen) atoms. The minimum atomic E-state index is -5.33. The van der Waals surface area contributed by atoms with Crippen LogP contribution in [0.5, 0.6) is 0 Å². The number of quaternary nitrogens is 1. The fourth-order valence-corrected chi connectivity index (χ4v) is 0. The van der Waals surface area contributed by atoms with Crippen LogP contribution in [0.2, 0.25) is 0 Å². The molecule has 0 spiro atoms. The Hall–Kier alpha value is 2.35. The third-order valence-corrected chi connectivity index (χ3v) is 0. The molecule has 0 aromatic heterocycles. The standard InChI is InChI=1S/6ClH.Ir.H3N/h6*1H;;1H3/q;;;;;;+6;/p-5. The second-order valence-corrected chi connectivity index (χ2v) is 52.6. The van der Waals surface area contributed by atoms with Crippen LogP contribution < -0.4 is 6.15 Å². The first-order chi connectivity index (χ1) is 2.45. The molecular formula is H4Cl6IrN+. The molecule has 0 bridgehead atoms. The smallest absolute Gasteiger partial charge is 0.369 e. The van der Waals surface area contributed by atoms with Crippen LogP contribution in [-0.4, -0.2) is 0 Å². The summed E-state index contributed by atoms with van der Waals surface area (Å²) in [5.41, 5.74) is 0.